The molecule has 0 radical (unpaired) electrons. The van der Waals surface area contributed by atoms with Gasteiger partial charge in [0.1, 0.15) is 11.3 Å². The molecule has 0 saturated carbocycles. The van der Waals surface area contributed by atoms with Gasteiger partial charge in [-0.15, -0.1) is 0 Å². The van der Waals surface area contributed by atoms with Gasteiger partial charge in [-0.2, -0.15) is 0 Å². The predicted molar refractivity (Wildman–Crippen MR) is 63.4 cm³/mol. The number of rotatable bonds is 1. The summed E-state index contributed by atoms with van der Waals surface area (Å²) in [7, 11) is 0. The molecule has 2 aliphatic rings. The highest BCUT2D eigenvalue weighted by molar-refractivity contribution is 6.20. The number of aliphatic hydroxyl groups is 1. The minimum Gasteiger partial charge on any atom is -0.509 e. The van der Waals surface area contributed by atoms with Crippen LogP contribution >= 0.6 is 0 Å². The second-order valence-corrected chi connectivity index (χ2v) is 6.00. The lowest BCUT2D eigenvalue weighted by atomic mass is 9.85. The van der Waals surface area contributed by atoms with E-state index in [-0.39, 0.29) is 40.5 Å². The topological polar surface area (TPSA) is 57.6 Å². The first kappa shape index (κ1) is 12.1. The van der Waals surface area contributed by atoms with Crippen molar-refractivity contribution >= 4 is 11.7 Å². The van der Waals surface area contributed by atoms with Crippen molar-refractivity contribution in [1.29, 1.82) is 0 Å². The molecule has 2 aliphatic heterocycles. The van der Waals surface area contributed by atoms with Crippen molar-refractivity contribution in [2.24, 2.45) is 5.41 Å². The van der Waals surface area contributed by atoms with Gasteiger partial charge in [0.05, 0.1) is 6.04 Å². The van der Waals surface area contributed by atoms with Crippen LogP contribution in [0.5, 0.6) is 0 Å². The van der Waals surface area contributed by atoms with Crippen molar-refractivity contribution in [2.45, 2.75) is 52.6 Å². The van der Waals surface area contributed by atoms with Gasteiger partial charge in [0.25, 0.3) is 5.91 Å². The summed E-state index contributed by atoms with van der Waals surface area (Å²) in [6.07, 6.45) is 1.63. The monoisotopic (exact) mass is 237 g/mol. The largest absolute Gasteiger partial charge is 0.509 e. The number of fused-ring (bicyclic) bond motifs is 1. The normalized spacial score (nSPS) is 28.9. The molecule has 1 saturated heterocycles. The van der Waals surface area contributed by atoms with Gasteiger partial charge in [0.15, 0.2) is 5.78 Å². The van der Waals surface area contributed by atoms with E-state index < -0.39 is 0 Å². The van der Waals surface area contributed by atoms with E-state index in [2.05, 4.69) is 20.8 Å². The quantitative estimate of drug-likeness (QED) is 0.707. The Morgan fingerprint density at radius 3 is 2.41 bits per heavy atom. The Morgan fingerprint density at radius 1 is 1.35 bits per heavy atom. The smallest absolute Gasteiger partial charge is 0.261 e. The van der Waals surface area contributed by atoms with E-state index in [0.717, 1.165) is 12.8 Å². The first-order valence-electron chi connectivity index (χ1n) is 6.02. The number of hydrogen-bond acceptors (Lipinski definition) is 3. The van der Waals surface area contributed by atoms with Gasteiger partial charge in [-0.3, -0.25) is 9.59 Å². The standard InChI is InChI=1S/C13H19NO3/c1-7(15)10-11(16)8-5-6-9(13(2,3)4)14(8)12(10)17/h8-9,16H,5-6H2,1-4H3. The molecule has 0 aliphatic carbocycles. The number of carbonyl (C=O) groups is 2. The lowest BCUT2D eigenvalue weighted by Crippen LogP contribution is -2.44. The Balaban J connectivity index is 2.37. The van der Waals surface area contributed by atoms with Gasteiger partial charge in [-0.1, -0.05) is 20.8 Å². The van der Waals surface area contributed by atoms with Gasteiger partial charge in [-0.25, -0.2) is 0 Å². The van der Waals surface area contributed by atoms with Crippen LogP contribution in [0.25, 0.3) is 0 Å². The van der Waals surface area contributed by atoms with E-state index in [4.69, 9.17) is 0 Å². The maximum atomic E-state index is 12.2. The van der Waals surface area contributed by atoms with Gasteiger partial charge in [-0.05, 0) is 25.2 Å². The average Bonchev–Trinajstić information content (AvgIpc) is 2.67. The van der Waals surface area contributed by atoms with Crippen LogP contribution in [0.2, 0.25) is 0 Å². The molecular weight excluding hydrogens is 218 g/mol. The predicted octanol–water partition coefficient (Wildman–Crippen LogP) is 1.81. The zero-order valence-corrected chi connectivity index (χ0v) is 10.8. The third kappa shape index (κ3) is 1.66. The summed E-state index contributed by atoms with van der Waals surface area (Å²) >= 11 is 0. The summed E-state index contributed by atoms with van der Waals surface area (Å²) in [4.78, 5) is 25.3. The Kier molecular flexibility index (Phi) is 2.56. The molecule has 17 heavy (non-hydrogen) atoms. The highest BCUT2D eigenvalue weighted by Crippen LogP contribution is 2.42. The van der Waals surface area contributed by atoms with E-state index in [1.807, 2.05) is 0 Å². The van der Waals surface area contributed by atoms with Crippen LogP contribution in [-0.2, 0) is 9.59 Å². The molecule has 4 heteroatoms. The first-order chi connectivity index (χ1) is 7.75. The number of nitrogens with zero attached hydrogens (tertiary/aromatic N) is 1. The fourth-order valence-corrected chi connectivity index (χ4v) is 2.95. The van der Waals surface area contributed by atoms with Crippen LogP contribution in [0.3, 0.4) is 0 Å². The molecule has 0 aromatic carbocycles. The summed E-state index contributed by atoms with van der Waals surface area (Å²) in [5.41, 5.74) is -0.0411. The zero-order valence-electron chi connectivity index (χ0n) is 10.8. The molecule has 0 spiro atoms. The van der Waals surface area contributed by atoms with Gasteiger partial charge >= 0.3 is 0 Å². The van der Waals surface area contributed by atoms with E-state index in [0.29, 0.717) is 0 Å². The molecule has 2 unspecified atom stereocenters. The Labute approximate surface area is 101 Å². The SMILES string of the molecule is CC(=O)C1=C(O)C2CCC(C(C)(C)C)N2C1=O. The van der Waals surface area contributed by atoms with Crippen molar-refractivity contribution < 1.29 is 14.7 Å². The molecular formula is C13H19NO3. The van der Waals surface area contributed by atoms with Crippen molar-refractivity contribution in [3.63, 3.8) is 0 Å². The first-order valence-corrected chi connectivity index (χ1v) is 6.02. The number of ketones is 1. The van der Waals surface area contributed by atoms with Crippen LogP contribution in [0.4, 0.5) is 0 Å². The molecule has 2 rings (SSSR count). The van der Waals surface area contributed by atoms with E-state index in [1.165, 1.54) is 6.92 Å². The summed E-state index contributed by atoms with van der Waals surface area (Å²) in [5, 5.41) is 9.98. The Bertz CT molecular complexity index is 417. The third-order valence-corrected chi connectivity index (χ3v) is 3.76. The second-order valence-electron chi connectivity index (χ2n) is 6.00. The van der Waals surface area contributed by atoms with Crippen molar-refractivity contribution in [1.82, 2.24) is 4.90 Å². The van der Waals surface area contributed by atoms with Crippen molar-refractivity contribution in [3.8, 4) is 0 Å². The maximum absolute atomic E-state index is 12.2. The zero-order chi connectivity index (χ0) is 13.0. The van der Waals surface area contributed by atoms with E-state index in [9.17, 15) is 14.7 Å². The highest BCUT2D eigenvalue weighted by atomic mass is 16.3. The minimum atomic E-state index is -0.338. The number of aliphatic hydroxyl groups excluding tert-OH is 1. The molecule has 94 valence electrons. The number of carbonyl (C=O) groups excluding carboxylic acids is 2. The molecule has 4 nitrogen and oxygen atoms in total. The summed E-state index contributed by atoms with van der Waals surface area (Å²) in [6, 6.07) is -0.176. The minimum absolute atomic E-state index is 0.0102. The maximum Gasteiger partial charge on any atom is 0.261 e. The van der Waals surface area contributed by atoms with Crippen molar-refractivity contribution in [3.05, 3.63) is 11.3 Å². The number of hydrogen-bond donors (Lipinski definition) is 1. The van der Waals surface area contributed by atoms with E-state index in [1.54, 1.807) is 4.90 Å². The fourth-order valence-electron chi connectivity index (χ4n) is 2.95. The summed E-state index contributed by atoms with van der Waals surface area (Å²) < 4.78 is 0. The summed E-state index contributed by atoms with van der Waals surface area (Å²) in [5.74, 6) is -0.652. The van der Waals surface area contributed by atoms with Gasteiger partial charge < -0.3 is 10.0 Å². The average molecular weight is 237 g/mol. The third-order valence-electron chi connectivity index (χ3n) is 3.76. The van der Waals surface area contributed by atoms with Gasteiger partial charge in [0.2, 0.25) is 0 Å². The summed E-state index contributed by atoms with van der Waals surface area (Å²) in [6.45, 7) is 7.57. The molecule has 0 aromatic rings. The molecule has 0 bridgehead atoms. The lowest BCUT2D eigenvalue weighted by molar-refractivity contribution is -0.131. The van der Waals surface area contributed by atoms with Crippen LogP contribution in [0, 0.1) is 5.41 Å². The van der Waals surface area contributed by atoms with E-state index >= 15 is 0 Å². The number of Topliss-reactive ketones (excluding diaryl/α,β-unsaturated/α-hetero) is 1. The molecule has 2 atom stereocenters. The molecule has 0 aromatic heterocycles. The highest BCUT2D eigenvalue weighted by Gasteiger charge is 2.51. The van der Waals surface area contributed by atoms with Gasteiger partial charge in [0, 0.05) is 6.04 Å². The number of amides is 1. The molecule has 2 heterocycles. The lowest BCUT2D eigenvalue weighted by Gasteiger charge is -2.35. The van der Waals surface area contributed by atoms with Crippen LogP contribution < -0.4 is 0 Å². The fraction of sp³-hybridized carbons (Fsp3) is 0.692. The molecule has 1 N–H and O–H groups in total. The Hall–Kier alpha value is -1.32. The molecule has 1 amide bonds. The van der Waals surface area contributed by atoms with Crippen LogP contribution in [0.15, 0.2) is 11.3 Å². The van der Waals surface area contributed by atoms with Crippen LogP contribution in [-0.4, -0.2) is 33.8 Å². The second kappa shape index (κ2) is 3.59. The van der Waals surface area contributed by atoms with Crippen molar-refractivity contribution in [2.75, 3.05) is 0 Å². The molecule has 1 fully saturated rings. The van der Waals surface area contributed by atoms with Crippen LogP contribution in [0.1, 0.15) is 40.5 Å². The Morgan fingerprint density at radius 2 is 1.94 bits per heavy atom.